The lowest BCUT2D eigenvalue weighted by atomic mass is 9.77. The molecule has 672 valence electrons. The minimum atomic E-state index is -3.29. The highest BCUT2D eigenvalue weighted by atomic mass is 32.1. The topological polar surface area (TPSA) is 250 Å². The fourth-order valence-electron chi connectivity index (χ4n) is 19.9. The number of carbonyl (C=O) groups is 1. The van der Waals surface area contributed by atoms with E-state index in [4.69, 9.17) is 47.2 Å². The van der Waals surface area contributed by atoms with Gasteiger partial charge in [-0.05, 0) is 128 Å². The third-order valence-corrected chi connectivity index (χ3v) is 38.8. The minimum Gasteiger partial charge on any atom is -0.497 e. The maximum Gasteiger partial charge on any atom is 0.508 e. The number of methoxy groups -OCH3 is 2. The van der Waals surface area contributed by atoms with Gasteiger partial charge in [0.15, 0.2) is 11.3 Å². The molecule has 16 rings (SSSR count). The molecule has 0 spiro atoms. The van der Waals surface area contributed by atoms with Gasteiger partial charge in [0.2, 0.25) is 11.9 Å². The van der Waals surface area contributed by atoms with Crippen molar-refractivity contribution in [1.82, 2.24) is 29.1 Å². The Kier molecular flexibility index (Phi) is 26.9. The van der Waals surface area contributed by atoms with Gasteiger partial charge in [-0.1, -0.05) is 359 Å². The molecule has 0 radical (unpaired) electrons. The number of hydrogen-bond donors (Lipinski definition) is 4. The summed E-state index contributed by atoms with van der Waals surface area (Å²) in [5, 5.41) is 11.0. The Balaban J connectivity index is 0.763. The van der Waals surface area contributed by atoms with Crippen LogP contribution in [0.2, 0.25) is 10.1 Å². The monoisotopic (exact) mass is 1810 g/mol. The Morgan fingerprint density at radius 3 is 0.954 bits per heavy atom. The summed E-state index contributed by atoms with van der Waals surface area (Å²) in [6, 6.07) is 96.9. The van der Waals surface area contributed by atoms with Crippen LogP contribution in [0.5, 0.6) is 11.5 Å². The van der Waals surface area contributed by atoms with Crippen molar-refractivity contribution in [2.24, 2.45) is 23.7 Å². The predicted octanol–water partition coefficient (Wildman–Crippen LogP) is 18.9. The van der Waals surface area contributed by atoms with Crippen LogP contribution < -0.4 is 61.7 Å². The highest BCUT2D eigenvalue weighted by Crippen LogP contribution is 2.51. The van der Waals surface area contributed by atoms with Crippen LogP contribution in [-0.4, -0.2) is 103 Å². The summed E-state index contributed by atoms with van der Waals surface area (Å²) >= 11 is 1.57. The van der Waals surface area contributed by atoms with Crippen LogP contribution in [0, 0.1) is 23.7 Å². The number of benzene rings is 10. The first-order valence-electron chi connectivity index (χ1n) is 44.8. The summed E-state index contributed by atoms with van der Waals surface area (Å²) in [5.74, 6) is -0.949. The fourth-order valence-corrected chi connectivity index (χ4v) is 31.2. The smallest absolute Gasteiger partial charge is 0.497 e. The molecule has 2 aliphatic heterocycles. The predicted molar refractivity (Wildman–Crippen MR) is 522 cm³/mol. The zero-order chi connectivity index (χ0) is 91.4. The molecule has 2 fully saturated rings. The zero-order valence-electron chi connectivity index (χ0n) is 75.9. The normalized spacial score (nSPS) is 18.4. The first-order valence-corrected chi connectivity index (χ1v) is 50.3. The molecule has 4 N–H and O–H groups in total. The van der Waals surface area contributed by atoms with Crippen molar-refractivity contribution in [2.45, 2.75) is 179 Å². The van der Waals surface area contributed by atoms with E-state index in [2.05, 4.69) is 173 Å². The van der Waals surface area contributed by atoms with E-state index in [0.29, 0.717) is 37.2 Å². The quantitative estimate of drug-likeness (QED) is 0.0174. The Bertz CT molecular complexity index is 5900. The van der Waals surface area contributed by atoms with Crippen molar-refractivity contribution >= 4 is 98.8 Å². The summed E-state index contributed by atoms with van der Waals surface area (Å²) < 4.78 is 58.9. The molecule has 10 aromatic carbocycles. The van der Waals surface area contributed by atoms with Gasteiger partial charge >= 0.3 is 15.9 Å². The largest absolute Gasteiger partial charge is 0.508 e. The van der Waals surface area contributed by atoms with E-state index in [1.54, 1.807) is 14.2 Å². The first kappa shape index (κ1) is 91.4. The summed E-state index contributed by atoms with van der Waals surface area (Å²) in [7, 11) is -3.35. The lowest BCUT2D eigenvalue weighted by Crippen LogP contribution is -2.68. The number of nitrogens with zero attached hydrogens (tertiary/aromatic N) is 4. The Morgan fingerprint density at radius 2 is 0.692 bits per heavy atom. The number of rotatable bonds is 32. The average molecular weight is 1820 g/mol. The van der Waals surface area contributed by atoms with Gasteiger partial charge in [0, 0.05) is 23.7 Å². The van der Waals surface area contributed by atoms with E-state index in [-0.39, 0.29) is 32.6 Å². The standard InChI is InChI=1S/C105H114N8O13S2Si2/c1-15-85(125-129(102(7,8)9,79-49-33-21-34-50-79)80-51-35-22-36-52-80)87-65-83(95(123-87)112-91-89(127-99(112)116)93(114)108-97(106-91)110-104(71-41-25-17-26-42-71,72-43-27-18-28-44-72)75-57-61-77(119-13)62-58-75)67(3)69(5)121-101(118)122-70(6)68(4)84-66-88(86(16-2)126-130(103(10,11)12,81-53-37-23-38-54-81)82-55-39-24-40-56-82)124-96(84)113-92-90(128-100(113)117)94(115)109-98(107-92)111-105(73-45-29-19-30-46-73,74-47-31-20-32-48-74)76-59-63-78(120-14)64-60-76/h17-64,67-70,83-88,95-96H,15-16,65-66H2,1-14H3,(H2,106,108,110,114)(H2,107,109,111,115)/t67-,68-,69?,70?,83-,84-,85-,86-,87-,88-,95+,96+/m0/s1. The van der Waals surface area contributed by atoms with Crippen LogP contribution in [0.25, 0.3) is 20.7 Å². The number of carbonyl (C=O) groups excluding carboxylic acids is 1. The van der Waals surface area contributed by atoms with Crippen molar-refractivity contribution in [3.8, 4) is 11.5 Å². The molecular formula is C105H114N8O13S2Si2. The van der Waals surface area contributed by atoms with Gasteiger partial charge in [0.05, 0.1) is 38.6 Å². The van der Waals surface area contributed by atoms with Gasteiger partial charge in [-0.3, -0.25) is 38.3 Å². The highest BCUT2D eigenvalue weighted by Gasteiger charge is 2.57. The number of aromatic nitrogens is 6. The number of hydrogen-bond acceptors (Lipinski definition) is 19. The molecule has 0 saturated carbocycles. The van der Waals surface area contributed by atoms with Gasteiger partial charge in [0.1, 0.15) is 56.6 Å². The van der Waals surface area contributed by atoms with Crippen molar-refractivity contribution < 1.29 is 42.1 Å². The number of fused-ring (bicyclic) bond motifs is 2. The van der Waals surface area contributed by atoms with Crippen LogP contribution in [-0.2, 0) is 38.9 Å². The maximum absolute atomic E-state index is 15.5. The van der Waals surface area contributed by atoms with Crippen LogP contribution >= 0.6 is 22.7 Å². The van der Waals surface area contributed by atoms with Gasteiger partial charge in [-0.15, -0.1) is 0 Å². The third kappa shape index (κ3) is 17.3. The van der Waals surface area contributed by atoms with Gasteiger partial charge < -0.3 is 47.9 Å². The second kappa shape index (κ2) is 38.3. The Morgan fingerprint density at radius 1 is 0.423 bits per heavy atom. The lowest BCUT2D eigenvalue weighted by Gasteiger charge is -2.46. The summed E-state index contributed by atoms with van der Waals surface area (Å²) in [5.41, 5.74) is 1.67. The molecule has 0 aliphatic carbocycles. The van der Waals surface area contributed by atoms with Crippen LogP contribution in [0.3, 0.4) is 0 Å². The van der Waals surface area contributed by atoms with Crippen molar-refractivity contribution in [3.63, 3.8) is 0 Å². The summed E-state index contributed by atoms with van der Waals surface area (Å²) in [6.45, 7) is 25.2. The van der Waals surface area contributed by atoms with Gasteiger partial charge in [-0.25, -0.2) is 4.79 Å². The number of anilines is 2. The highest BCUT2D eigenvalue weighted by molar-refractivity contribution is 7.16. The molecule has 14 aromatic rings. The first-order chi connectivity index (χ1) is 62.7. The number of aromatic amines is 2. The fraction of sp³-hybridized carbons (Fsp3) is 0.324. The molecule has 2 saturated heterocycles. The molecule has 2 aliphatic rings. The minimum absolute atomic E-state index is 0.0795. The van der Waals surface area contributed by atoms with Crippen molar-refractivity contribution in [3.05, 3.63) is 365 Å². The van der Waals surface area contributed by atoms with E-state index in [1.807, 2.05) is 222 Å². The second-order valence-corrected chi connectivity index (χ2v) is 46.7. The lowest BCUT2D eigenvalue weighted by molar-refractivity contribution is -0.0784. The number of thiazole rings is 2. The van der Waals surface area contributed by atoms with Gasteiger partial charge in [0.25, 0.3) is 27.8 Å². The number of ether oxygens (including phenoxy) is 6. The average Bonchev–Trinajstić information content (AvgIpc) is 1.35. The van der Waals surface area contributed by atoms with Crippen LogP contribution in [0.4, 0.5) is 16.7 Å². The Labute approximate surface area is 768 Å². The molecular weight excluding hydrogens is 1700 g/mol. The molecule has 6 heterocycles. The summed E-state index contributed by atoms with van der Waals surface area (Å²) in [6.07, 6.45) is -5.80. The van der Waals surface area contributed by atoms with E-state index in [9.17, 15) is 0 Å². The van der Waals surface area contributed by atoms with Crippen molar-refractivity contribution in [2.75, 3.05) is 24.9 Å². The number of H-pyrrole nitrogens is 2. The molecule has 4 aromatic heterocycles. The van der Waals surface area contributed by atoms with Gasteiger partial charge in [-0.2, -0.15) is 9.97 Å². The van der Waals surface area contributed by atoms with E-state index in [0.717, 1.165) is 76.8 Å². The van der Waals surface area contributed by atoms with Crippen LogP contribution in [0.15, 0.2) is 310 Å². The SMILES string of the molecule is CC[C@H](O[Si](c1ccccc1)(c1ccccc1)C(C)(C)C)[C@@H]1C[C@@H]([C@@H](C)C(C)OC(=O)OC(C)[C@H](C)[C@@H]2C[C@@H]([C@H](CC)O[Si](c3ccccc3)(c3ccccc3)C(C)(C)C)O[C@H]2n2c(=O)sc3c(=O)[nH]c(NC(c4ccccc4)(c4ccccc4)c4ccc(OC)cc4)nc32)[C@H](n2c(=O)sc3c(=O)[nH]c(NC(c4ccccc4)(c4ccccc4)c4ccc(OC)cc4)nc32)O1. The third-order valence-electron chi connectivity index (χ3n) is 26.8. The molecule has 21 nitrogen and oxygen atoms in total. The zero-order valence-corrected chi connectivity index (χ0v) is 79.5. The van der Waals surface area contributed by atoms with E-state index in [1.165, 1.54) is 9.13 Å². The van der Waals surface area contributed by atoms with E-state index < -0.39 is 138 Å². The van der Waals surface area contributed by atoms with Crippen molar-refractivity contribution in [1.29, 1.82) is 0 Å². The molecule has 2 unspecified atom stereocenters. The maximum atomic E-state index is 15.5. The summed E-state index contributed by atoms with van der Waals surface area (Å²) in [4.78, 5) is 92.3. The second-order valence-electron chi connectivity index (χ2n) is 36.3. The molecule has 0 bridgehead atoms. The molecule has 0 amide bonds. The number of nitrogens with one attached hydrogen (secondary N) is 4. The molecule has 12 atom stereocenters. The van der Waals surface area contributed by atoms with E-state index >= 15 is 24.0 Å². The Hall–Kier alpha value is -11.9. The molecule has 130 heavy (non-hydrogen) atoms. The molecule has 25 heteroatoms. The van der Waals surface area contributed by atoms with Crippen LogP contribution in [0.1, 0.15) is 155 Å².